The highest BCUT2D eigenvalue weighted by atomic mass is 35.5. The van der Waals surface area contributed by atoms with Crippen LogP contribution in [0.5, 0.6) is 0 Å². The van der Waals surface area contributed by atoms with Crippen molar-refractivity contribution in [1.82, 2.24) is 4.90 Å². The maximum Gasteiger partial charge on any atom is 0.325 e. The first-order valence-electron chi connectivity index (χ1n) is 5.30. The van der Waals surface area contributed by atoms with Crippen molar-refractivity contribution in [3.05, 3.63) is 34.6 Å². The van der Waals surface area contributed by atoms with E-state index in [1.807, 2.05) is 0 Å². The van der Waals surface area contributed by atoms with Crippen molar-refractivity contribution < 1.29 is 18.7 Å². The van der Waals surface area contributed by atoms with Gasteiger partial charge in [0.15, 0.2) is 0 Å². The zero-order valence-corrected chi connectivity index (χ0v) is 10.8. The molecule has 0 radical (unpaired) electrons. The van der Waals surface area contributed by atoms with Crippen LogP contribution in [0.4, 0.5) is 4.39 Å². The number of halogens is 2. The molecule has 0 atom stereocenters. The Morgan fingerprint density at radius 3 is 2.61 bits per heavy atom. The SMILES string of the molecule is CCN(CC(=O)OC)C(=O)c1ccc(F)cc1Cl. The third-order valence-electron chi connectivity index (χ3n) is 2.38. The lowest BCUT2D eigenvalue weighted by Gasteiger charge is -2.19. The molecular weight excluding hydrogens is 261 g/mol. The number of methoxy groups -OCH3 is 1. The molecule has 0 bridgehead atoms. The van der Waals surface area contributed by atoms with Crippen LogP contribution in [0.3, 0.4) is 0 Å². The Hall–Kier alpha value is -1.62. The summed E-state index contributed by atoms with van der Waals surface area (Å²) < 4.78 is 17.4. The normalized spacial score (nSPS) is 10.0. The van der Waals surface area contributed by atoms with Crippen LogP contribution in [0.15, 0.2) is 18.2 Å². The van der Waals surface area contributed by atoms with Crippen LogP contribution in [0.2, 0.25) is 5.02 Å². The van der Waals surface area contributed by atoms with Crippen LogP contribution in [-0.4, -0.2) is 37.0 Å². The standard InChI is InChI=1S/C12H13ClFNO3/c1-3-15(7-11(16)18-2)12(17)9-5-4-8(14)6-10(9)13/h4-6H,3,7H2,1-2H3. The van der Waals surface area contributed by atoms with Gasteiger partial charge in [0.2, 0.25) is 0 Å². The number of rotatable bonds is 4. The summed E-state index contributed by atoms with van der Waals surface area (Å²) in [7, 11) is 1.24. The van der Waals surface area contributed by atoms with Gasteiger partial charge in [0.25, 0.3) is 5.91 Å². The Labute approximate surface area is 109 Å². The topological polar surface area (TPSA) is 46.6 Å². The Morgan fingerprint density at radius 2 is 2.11 bits per heavy atom. The molecule has 0 fully saturated rings. The van der Waals surface area contributed by atoms with Crippen molar-refractivity contribution in [3.8, 4) is 0 Å². The fraction of sp³-hybridized carbons (Fsp3) is 0.333. The molecule has 0 saturated carbocycles. The Morgan fingerprint density at radius 1 is 1.44 bits per heavy atom. The molecule has 1 aromatic rings. The highest BCUT2D eigenvalue weighted by molar-refractivity contribution is 6.33. The summed E-state index contributed by atoms with van der Waals surface area (Å²) in [6.07, 6.45) is 0. The minimum atomic E-state index is -0.525. The molecule has 6 heteroatoms. The Bertz CT molecular complexity index is 465. The van der Waals surface area contributed by atoms with E-state index in [2.05, 4.69) is 4.74 Å². The van der Waals surface area contributed by atoms with Crippen molar-refractivity contribution >= 4 is 23.5 Å². The maximum atomic E-state index is 12.9. The van der Waals surface area contributed by atoms with E-state index in [1.165, 1.54) is 18.1 Å². The van der Waals surface area contributed by atoms with Crippen LogP contribution >= 0.6 is 11.6 Å². The van der Waals surface area contributed by atoms with Crippen molar-refractivity contribution in [2.75, 3.05) is 20.2 Å². The summed E-state index contributed by atoms with van der Waals surface area (Å²) in [6.45, 7) is 1.87. The molecule has 0 aliphatic heterocycles. The second-order valence-electron chi connectivity index (χ2n) is 3.52. The highest BCUT2D eigenvalue weighted by Crippen LogP contribution is 2.19. The van der Waals surface area contributed by atoms with Crippen LogP contribution in [0.25, 0.3) is 0 Å². The van der Waals surface area contributed by atoms with Gasteiger partial charge < -0.3 is 9.64 Å². The molecule has 0 N–H and O–H groups in total. The summed E-state index contributed by atoms with van der Waals surface area (Å²) in [5, 5.41) is 0.0170. The van der Waals surface area contributed by atoms with Gasteiger partial charge in [-0.2, -0.15) is 0 Å². The summed E-state index contributed by atoms with van der Waals surface area (Å²) in [6, 6.07) is 3.49. The van der Waals surface area contributed by atoms with Crippen molar-refractivity contribution in [2.24, 2.45) is 0 Å². The summed E-state index contributed by atoms with van der Waals surface area (Å²) >= 11 is 5.79. The molecule has 0 unspecified atom stereocenters. The quantitative estimate of drug-likeness (QED) is 0.790. The number of hydrogen-bond acceptors (Lipinski definition) is 3. The summed E-state index contributed by atoms with van der Waals surface area (Å²) in [5.74, 6) is -1.48. The average Bonchev–Trinajstić information content (AvgIpc) is 2.34. The first kappa shape index (κ1) is 14.4. The predicted octanol–water partition coefficient (Wildman–Crippen LogP) is 2.11. The van der Waals surface area contributed by atoms with Gasteiger partial charge in [-0.25, -0.2) is 4.39 Å². The van der Waals surface area contributed by atoms with E-state index < -0.39 is 17.7 Å². The fourth-order valence-electron chi connectivity index (χ4n) is 1.38. The molecule has 0 aromatic heterocycles. The molecule has 98 valence electrons. The van der Waals surface area contributed by atoms with Gasteiger partial charge >= 0.3 is 5.97 Å². The molecule has 0 saturated heterocycles. The molecule has 0 aliphatic rings. The van der Waals surface area contributed by atoms with Gasteiger partial charge in [0.05, 0.1) is 17.7 Å². The number of hydrogen-bond donors (Lipinski definition) is 0. The van der Waals surface area contributed by atoms with E-state index in [4.69, 9.17) is 11.6 Å². The fourth-order valence-corrected chi connectivity index (χ4v) is 1.63. The van der Waals surface area contributed by atoms with Crippen LogP contribution in [-0.2, 0) is 9.53 Å². The van der Waals surface area contributed by atoms with E-state index in [0.29, 0.717) is 6.54 Å². The molecule has 1 rings (SSSR count). The second kappa shape index (κ2) is 6.35. The number of carbonyl (C=O) groups is 2. The molecule has 1 amide bonds. The third-order valence-corrected chi connectivity index (χ3v) is 2.69. The first-order valence-corrected chi connectivity index (χ1v) is 5.68. The van der Waals surface area contributed by atoms with Gasteiger partial charge in [-0.15, -0.1) is 0 Å². The van der Waals surface area contributed by atoms with Crippen molar-refractivity contribution in [2.45, 2.75) is 6.92 Å². The molecule has 0 heterocycles. The number of benzene rings is 1. The summed E-state index contributed by atoms with van der Waals surface area (Å²) in [5.41, 5.74) is 0.156. The number of nitrogens with zero attached hydrogens (tertiary/aromatic N) is 1. The van der Waals surface area contributed by atoms with Crippen LogP contribution < -0.4 is 0 Å². The van der Waals surface area contributed by atoms with E-state index in [0.717, 1.165) is 12.1 Å². The first-order chi connectivity index (χ1) is 8.49. The summed E-state index contributed by atoms with van der Waals surface area (Å²) in [4.78, 5) is 24.5. The number of carbonyl (C=O) groups excluding carboxylic acids is 2. The molecular formula is C12H13ClFNO3. The second-order valence-corrected chi connectivity index (χ2v) is 3.93. The monoisotopic (exact) mass is 273 g/mol. The van der Waals surface area contributed by atoms with Gasteiger partial charge in [0, 0.05) is 6.54 Å². The van der Waals surface area contributed by atoms with Crippen molar-refractivity contribution in [3.63, 3.8) is 0 Å². The molecule has 18 heavy (non-hydrogen) atoms. The lowest BCUT2D eigenvalue weighted by Crippen LogP contribution is -2.36. The lowest BCUT2D eigenvalue weighted by atomic mass is 10.2. The molecule has 4 nitrogen and oxygen atoms in total. The van der Waals surface area contributed by atoms with Crippen molar-refractivity contribution in [1.29, 1.82) is 0 Å². The van der Waals surface area contributed by atoms with Crippen LogP contribution in [0, 0.1) is 5.82 Å². The minimum Gasteiger partial charge on any atom is -0.468 e. The Balaban J connectivity index is 2.93. The van der Waals surface area contributed by atoms with E-state index in [-0.39, 0.29) is 17.1 Å². The highest BCUT2D eigenvalue weighted by Gasteiger charge is 2.20. The van der Waals surface area contributed by atoms with Gasteiger partial charge in [-0.3, -0.25) is 9.59 Å². The van der Waals surface area contributed by atoms with E-state index in [1.54, 1.807) is 6.92 Å². The number of esters is 1. The average molecular weight is 274 g/mol. The largest absolute Gasteiger partial charge is 0.468 e. The minimum absolute atomic E-state index is 0.0170. The van der Waals surface area contributed by atoms with Gasteiger partial charge in [-0.05, 0) is 25.1 Å². The Kier molecular flexibility index (Phi) is 5.09. The maximum absolute atomic E-state index is 12.9. The number of ether oxygens (including phenoxy) is 1. The molecule has 0 spiro atoms. The zero-order chi connectivity index (χ0) is 13.7. The third kappa shape index (κ3) is 3.43. The molecule has 0 aliphatic carbocycles. The van der Waals surface area contributed by atoms with E-state index in [9.17, 15) is 14.0 Å². The van der Waals surface area contributed by atoms with E-state index >= 15 is 0 Å². The van der Waals surface area contributed by atoms with Gasteiger partial charge in [0.1, 0.15) is 12.4 Å². The lowest BCUT2D eigenvalue weighted by molar-refractivity contribution is -0.141. The van der Waals surface area contributed by atoms with Gasteiger partial charge in [-0.1, -0.05) is 11.6 Å². The number of likely N-dealkylation sites (N-methyl/N-ethyl adjacent to an activating group) is 1. The molecule has 1 aromatic carbocycles. The smallest absolute Gasteiger partial charge is 0.325 e. The predicted molar refractivity (Wildman–Crippen MR) is 65.0 cm³/mol. The number of amides is 1. The van der Waals surface area contributed by atoms with Crippen LogP contribution in [0.1, 0.15) is 17.3 Å². The zero-order valence-electron chi connectivity index (χ0n) is 10.1.